The molecule has 1 aliphatic heterocycles. The fourth-order valence-electron chi connectivity index (χ4n) is 1.70. The monoisotopic (exact) mass is 218 g/mol. The van der Waals surface area contributed by atoms with E-state index in [9.17, 15) is 5.11 Å². The van der Waals surface area contributed by atoms with Crippen molar-refractivity contribution in [3.05, 3.63) is 35.9 Å². The summed E-state index contributed by atoms with van der Waals surface area (Å²) in [5, 5.41) is 9.62. The second-order valence-electron chi connectivity index (χ2n) is 3.75. The van der Waals surface area contributed by atoms with Gasteiger partial charge in [-0.3, -0.25) is 0 Å². The topological polar surface area (TPSA) is 38.7 Å². The molecule has 3 heteroatoms. The van der Waals surface area contributed by atoms with Crippen LogP contribution in [-0.2, 0) is 16.1 Å². The predicted octanol–water partition coefficient (Wildman–Crippen LogP) is 0.965. The first-order chi connectivity index (χ1) is 7.81. The lowest BCUT2D eigenvalue weighted by atomic mass is 10.1. The Kier molecular flexibility index (Phi) is 3.58. The van der Waals surface area contributed by atoms with E-state index in [4.69, 9.17) is 15.9 Å². The molecule has 0 saturated carbocycles. The van der Waals surface area contributed by atoms with Crippen LogP contribution in [0.5, 0.6) is 0 Å². The molecule has 1 N–H and O–H groups in total. The molecule has 3 nitrogen and oxygen atoms in total. The van der Waals surface area contributed by atoms with Gasteiger partial charge in [-0.05, 0) is 5.56 Å². The van der Waals surface area contributed by atoms with E-state index in [1.165, 1.54) is 0 Å². The third-order valence-electron chi connectivity index (χ3n) is 2.57. The molecule has 1 aromatic rings. The molecular formula is C13H14O3. The maximum absolute atomic E-state index is 9.62. The number of aliphatic hydroxyl groups is 1. The molecule has 3 atom stereocenters. The maximum atomic E-state index is 9.62. The fraction of sp³-hybridized carbons (Fsp3) is 0.385. The van der Waals surface area contributed by atoms with E-state index in [-0.39, 0.29) is 6.61 Å². The lowest BCUT2D eigenvalue weighted by Gasteiger charge is -2.17. The zero-order valence-corrected chi connectivity index (χ0v) is 8.87. The van der Waals surface area contributed by atoms with Gasteiger partial charge in [0.25, 0.3) is 0 Å². The van der Waals surface area contributed by atoms with Crippen molar-refractivity contribution in [3.8, 4) is 12.3 Å². The standard InChI is InChI=1S/C13H14O3/c1-2-12-13(11(14)9-15-12)16-8-10-6-4-3-5-7-10/h1,3-7,11-14H,8-9H2/t11-,12+,13-/m1/s1. The number of hydrogen-bond acceptors (Lipinski definition) is 3. The molecule has 1 aromatic carbocycles. The van der Waals surface area contributed by atoms with Crippen molar-refractivity contribution in [3.63, 3.8) is 0 Å². The van der Waals surface area contributed by atoms with Crippen molar-refractivity contribution in [1.29, 1.82) is 0 Å². The minimum Gasteiger partial charge on any atom is -0.388 e. The quantitative estimate of drug-likeness (QED) is 0.768. The summed E-state index contributed by atoms with van der Waals surface area (Å²) in [5.74, 6) is 2.47. The highest BCUT2D eigenvalue weighted by molar-refractivity contribution is 5.14. The average Bonchev–Trinajstić information content (AvgIpc) is 2.69. The largest absolute Gasteiger partial charge is 0.388 e. The van der Waals surface area contributed by atoms with E-state index in [2.05, 4.69) is 5.92 Å². The molecule has 0 aromatic heterocycles. The number of benzene rings is 1. The molecule has 0 aliphatic carbocycles. The molecular weight excluding hydrogens is 204 g/mol. The van der Waals surface area contributed by atoms with Crippen LogP contribution in [0, 0.1) is 12.3 Å². The summed E-state index contributed by atoms with van der Waals surface area (Å²) in [6.07, 6.45) is 3.78. The van der Waals surface area contributed by atoms with Gasteiger partial charge in [-0.2, -0.15) is 0 Å². The molecule has 0 radical (unpaired) electrons. The second-order valence-corrected chi connectivity index (χ2v) is 3.75. The van der Waals surface area contributed by atoms with Gasteiger partial charge >= 0.3 is 0 Å². The van der Waals surface area contributed by atoms with Crippen molar-refractivity contribution < 1.29 is 14.6 Å². The zero-order chi connectivity index (χ0) is 11.4. The van der Waals surface area contributed by atoms with E-state index in [0.717, 1.165) is 5.56 Å². The summed E-state index contributed by atoms with van der Waals surface area (Å²) in [5.41, 5.74) is 1.05. The number of rotatable bonds is 3. The molecule has 1 fully saturated rings. The highest BCUT2D eigenvalue weighted by atomic mass is 16.6. The first-order valence-electron chi connectivity index (χ1n) is 5.22. The van der Waals surface area contributed by atoms with E-state index < -0.39 is 18.3 Å². The first kappa shape index (κ1) is 11.2. The number of hydrogen-bond donors (Lipinski definition) is 1. The molecule has 84 valence electrons. The summed E-state index contributed by atoms with van der Waals surface area (Å²) < 4.78 is 10.8. The lowest BCUT2D eigenvalue weighted by molar-refractivity contribution is -0.0317. The normalized spacial score (nSPS) is 28.9. The molecule has 0 amide bonds. The highest BCUT2D eigenvalue weighted by Gasteiger charge is 2.35. The van der Waals surface area contributed by atoms with Crippen LogP contribution in [0.1, 0.15) is 5.56 Å². The summed E-state index contributed by atoms with van der Waals surface area (Å²) in [6.45, 7) is 0.679. The Bertz CT molecular complexity index is 369. The predicted molar refractivity (Wildman–Crippen MR) is 59.6 cm³/mol. The van der Waals surface area contributed by atoms with Crippen LogP contribution in [0.15, 0.2) is 30.3 Å². The van der Waals surface area contributed by atoms with E-state index in [1.807, 2.05) is 30.3 Å². The van der Waals surface area contributed by atoms with Crippen LogP contribution < -0.4 is 0 Å². The Morgan fingerprint density at radius 1 is 1.44 bits per heavy atom. The van der Waals surface area contributed by atoms with E-state index in [0.29, 0.717) is 6.61 Å². The Hall–Kier alpha value is -1.34. The van der Waals surface area contributed by atoms with Crippen molar-refractivity contribution in [2.45, 2.75) is 24.9 Å². The Morgan fingerprint density at radius 2 is 2.19 bits per heavy atom. The third-order valence-corrected chi connectivity index (χ3v) is 2.57. The lowest BCUT2D eigenvalue weighted by Crippen LogP contribution is -2.32. The van der Waals surface area contributed by atoms with Crippen LogP contribution in [0.2, 0.25) is 0 Å². The van der Waals surface area contributed by atoms with Gasteiger partial charge in [-0.15, -0.1) is 6.42 Å². The molecule has 0 bridgehead atoms. The van der Waals surface area contributed by atoms with Gasteiger partial charge in [-0.1, -0.05) is 36.3 Å². The average molecular weight is 218 g/mol. The summed E-state index contributed by atoms with van der Waals surface area (Å²) in [6, 6.07) is 9.76. The van der Waals surface area contributed by atoms with Crippen molar-refractivity contribution in [2.24, 2.45) is 0 Å². The maximum Gasteiger partial charge on any atom is 0.146 e. The van der Waals surface area contributed by atoms with Crippen molar-refractivity contribution in [1.82, 2.24) is 0 Å². The van der Waals surface area contributed by atoms with Gasteiger partial charge in [0.2, 0.25) is 0 Å². The molecule has 0 spiro atoms. The fourth-order valence-corrected chi connectivity index (χ4v) is 1.70. The second kappa shape index (κ2) is 5.13. The highest BCUT2D eigenvalue weighted by Crippen LogP contribution is 2.18. The molecule has 1 aliphatic rings. The minimum absolute atomic E-state index is 0.244. The first-order valence-corrected chi connectivity index (χ1v) is 5.22. The Morgan fingerprint density at radius 3 is 2.88 bits per heavy atom. The Balaban J connectivity index is 1.92. The van der Waals surface area contributed by atoms with E-state index in [1.54, 1.807) is 0 Å². The molecule has 0 unspecified atom stereocenters. The van der Waals surface area contributed by atoms with Crippen molar-refractivity contribution >= 4 is 0 Å². The number of aliphatic hydroxyl groups excluding tert-OH is 1. The van der Waals surface area contributed by atoms with Crippen LogP contribution in [0.3, 0.4) is 0 Å². The van der Waals surface area contributed by atoms with Gasteiger partial charge in [0.15, 0.2) is 0 Å². The molecule has 2 rings (SSSR count). The molecule has 1 saturated heterocycles. The van der Waals surface area contributed by atoms with Gasteiger partial charge < -0.3 is 14.6 Å². The van der Waals surface area contributed by atoms with Crippen LogP contribution in [-0.4, -0.2) is 30.0 Å². The van der Waals surface area contributed by atoms with Gasteiger partial charge in [0.05, 0.1) is 13.2 Å². The Labute approximate surface area is 95.0 Å². The summed E-state index contributed by atoms with van der Waals surface area (Å²) >= 11 is 0. The van der Waals surface area contributed by atoms with Gasteiger partial charge in [-0.25, -0.2) is 0 Å². The van der Waals surface area contributed by atoms with Crippen molar-refractivity contribution in [2.75, 3.05) is 6.61 Å². The smallest absolute Gasteiger partial charge is 0.146 e. The van der Waals surface area contributed by atoms with Gasteiger partial charge in [0.1, 0.15) is 18.3 Å². The number of terminal acetylenes is 1. The molecule has 16 heavy (non-hydrogen) atoms. The number of ether oxygens (including phenoxy) is 2. The SMILES string of the molecule is C#C[C@@H]1OC[C@@H](O)[C@H]1OCc1ccccc1. The van der Waals surface area contributed by atoms with E-state index >= 15 is 0 Å². The summed E-state index contributed by atoms with van der Waals surface area (Å²) in [4.78, 5) is 0. The van der Waals surface area contributed by atoms with Crippen LogP contribution in [0.4, 0.5) is 0 Å². The minimum atomic E-state index is -0.634. The molecule has 1 heterocycles. The van der Waals surface area contributed by atoms with Crippen LogP contribution >= 0.6 is 0 Å². The zero-order valence-electron chi connectivity index (χ0n) is 8.87. The summed E-state index contributed by atoms with van der Waals surface area (Å²) in [7, 11) is 0. The van der Waals surface area contributed by atoms with Gasteiger partial charge in [0, 0.05) is 0 Å². The van der Waals surface area contributed by atoms with Crippen LogP contribution in [0.25, 0.3) is 0 Å². The third kappa shape index (κ3) is 2.42.